The molecule has 0 bridgehead atoms. The fraction of sp³-hybridized carbons (Fsp3) is 0.786. The van der Waals surface area contributed by atoms with Gasteiger partial charge in [0.1, 0.15) is 0 Å². The molecule has 0 radical (unpaired) electrons. The highest BCUT2D eigenvalue weighted by Crippen LogP contribution is 2.33. The molecule has 2 fully saturated rings. The quantitative estimate of drug-likeness (QED) is 0.909. The lowest BCUT2D eigenvalue weighted by Gasteiger charge is -2.46. The van der Waals surface area contributed by atoms with Gasteiger partial charge in [-0.3, -0.25) is 4.90 Å². The Hall–Kier alpha value is -1.43. The van der Waals surface area contributed by atoms with Crippen molar-refractivity contribution in [3.63, 3.8) is 0 Å². The molecule has 1 aliphatic heterocycles. The zero-order chi connectivity index (χ0) is 14.1. The Morgan fingerprint density at radius 1 is 1.35 bits per heavy atom. The van der Waals surface area contributed by atoms with E-state index in [0.717, 1.165) is 19.0 Å². The lowest BCUT2D eigenvalue weighted by molar-refractivity contribution is 0.0243. The number of carbonyl (C=O) groups is 1. The third-order valence-electron chi connectivity index (χ3n) is 4.90. The number of hydrogen-bond donors (Lipinski definition) is 1. The van der Waals surface area contributed by atoms with E-state index in [1.165, 1.54) is 38.3 Å². The Kier molecular flexibility index (Phi) is 3.74. The highest BCUT2D eigenvalue weighted by atomic mass is 16.4. The first-order chi connectivity index (χ1) is 9.65. The van der Waals surface area contributed by atoms with Crippen LogP contribution in [0.2, 0.25) is 0 Å². The molecule has 1 aromatic rings. The van der Waals surface area contributed by atoms with E-state index in [9.17, 15) is 4.79 Å². The molecular weight excluding hydrogens is 256 g/mol. The van der Waals surface area contributed by atoms with Crippen molar-refractivity contribution < 1.29 is 9.90 Å². The van der Waals surface area contributed by atoms with Gasteiger partial charge in [0, 0.05) is 19.1 Å². The normalized spacial score (nSPS) is 23.4. The number of nitrogens with zero attached hydrogens (tertiary/aromatic N) is 4. The largest absolute Gasteiger partial charge is 0.476 e. The van der Waals surface area contributed by atoms with E-state index in [2.05, 4.69) is 22.1 Å². The van der Waals surface area contributed by atoms with Gasteiger partial charge in [0.05, 0.1) is 12.2 Å². The molecule has 1 aromatic heterocycles. The Morgan fingerprint density at radius 3 is 2.65 bits per heavy atom. The molecule has 20 heavy (non-hydrogen) atoms. The van der Waals surface area contributed by atoms with Gasteiger partial charge in [-0.25, -0.2) is 9.48 Å². The van der Waals surface area contributed by atoms with Crippen LogP contribution in [0.1, 0.15) is 55.6 Å². The second kappa shape index (κ2) is 5.52. The van der Waals surface area contributed by atoms with Crippen molar-refractivity contribution in [3.05, 3.63) is 11.9 Å². The van der Waals surface area contributed by atoms with Gasteiger partial charge in [0.15, 0.2) is 5.69 Å². The molecule has 0 aromatic carbocycles. The third-order valence-corrected chi connectivity index (χ3v) is 4.90. The number of likely N-dealkylation sites (tertiary alicyclic amines) is 1. The number of aromatic carboxylic acids is 1. The molecule has 6 nitrogen and oxygen atoms in total. The van der Waals surface area contributed by atoms with Crippen LogP contribution in [0.15, 0.2) is 6.20 Å². The van der Waals surface area contributed by atoms with Crippen molar-refractivity contribution in [1.82, 2.24) is 19.9 Å². The highest BCUT2D eigenvalue weighted by molar-refractivity contribution is 5.84. The summed E-state index contributed by atoms with van der Waals surface area (Å²) in [7, 11) is 0. The van der Waals surface area contributed by atoms with Gasteiger partial charge < -0.3 is 5.11 Å². The topological polar surface area (TPSA) is 71.2 Å². The number of carboxylic acid groups (broad SMARTS) is 1. The summed E-state index contributed by atoms with van der Waals surface area (Å²) >= 11 is 0. The fourth-order valence-electron chi connectivity index (χ4n) is 3.46. The average molecular weight is 278 g/mol. The minimum atomic E-state index is -1.01. The fourth-order valence-corrected chi connectivity index (χ4v) is 3.46. The van der Waals surface area contributed by atoms with E-state index in [4.69, 9.17) is 5.11 Å². The van der Waals surface area contributed by atoms with Gasteiger partial charge in [-0.1, -0.05) is 24.5 Å². The van der Waals surface area contributed by atoms with Crippen LogP contribution < -0.4 is 0 Å². The van der Waals surface area contributed by atoms with Gasteiger partial charge in [0.25, 0.3) is 0 Å². The van der Waals surface area contributed by atoms with E-state index >= 15 is 0 Å². The van der Waals surface area contributed by atoms with Gasteiger partial charge in [-0.05, 0) is 25.7 Å². The first kappa shape index (κ1) is 13.5. The Bertz CT molecular complexity index is 475. The predicted octanol–water partition coefficient (Wildman–Crippen LogP) is 1.80. The zero-order valence-corrected chi connectivity index (χ0v) is 11.9. The molecule has 2 aliphatic rings. The molecule has 0 spiro atoms. The van der Waals surface area contributed by atoms with Gasteiger partial charge in [-0.15, -0.1) is 5.10 Å². The molecule has 1 unspecified atom stereocenters. The molecule has 1 N–H and O–H groups in total. The van der Waals surface area contributed by atoms with E-state index < -0.39 is 5.97 Å². The van der Waals surface area contributed by atoms with E-state index in [1.54, 1.807) is 4.68 Å². The van der Waals surface area contributed by atoms with Crippen LogP contribution in [0, 0.1) is 5.92 Å². The maximum Gasteiger partial charge on any atom is 0.358 e. The number of rotatable bonds is 4. The first-order valence-corrected chi connectivity index (χ1v) is 7.54. The van der Waals surface area contributed by atoms with Crippen molar-refractivity contribution in [2.45, 2.75) is 51.1 Å². The summed E-state index contributed by atoms with van der Waals surface area (Å²) in [4.78, 5) is 13.3. The van der Waals surface area contributed by atoms with Gasteiger partial charge in [-0.2, -0.15) is 0 Å². The predicted molar refractivity (Wildman–Crippen MR) is 73.6 cm³/mol. The van der Waals surface area contributed by atoms with Crippen LogP contribution in [-0.2, 0) is 0 Å². The lowest BCUT2D eigenvalue weighted by atomic mass is 9.83. The minimum absolute atomic E-state index is 0.0313. The molecular formula is C14H22N4O2. The lowest BCUT2D eigenvalue weighted by Crippen LogP contribution is -2.54. The Morgan fingerprint density at radius 2 is 2.05 bits per heavy atom. The maximum atomic E-state index is 10.8. The van der Waals surface area contributed by atoms with Crippen LogP contribution in [-0.4, -0.2) is 50.1 Å². The molecule has 1 saturated carbocycles. The summed E-state index contributed by atoms with van der Waals surface area (Å²) in [6.07, 6.45) is 8.39. The minimum Gasteiger partial charge on any atom is -0.476 e. The molecule has 6 heteroatoms. The van der Waals surface area contributed by atoms with Crippen molar-refractivity contribution in [1.29, 1.82) is 0 Å². The maximum absolute atomic E-state index is 10.8. The van der Waals surface area contributed by atoms with Gasteiger partial charge >= 0.3 is 5.97 Å². The van der Waals surface area contributed by atoms with E-state index in [-0.39, 0.29) is 11.7 Å². The summed E-state index contributed by atoms with van der Waals surface area (Å²) in [5.41, 5.74) is 0.0313. The Labute approximate surface area is 118 Å². The molecule has 110 valence electrons. The molecule has 2 heterocycles. The van der Waals surface area contributed by atoms with Gasteiger partial charge in [0.2, 0.25) is 0 Å². The van der Waals surface area contributed by atoms with Crippen LogP contribution in [0.5, 0.6) is 0 Å². The van der Waals surface area contributed by atoms with E-state index in [0.29, 0.717) is 6.04 Å². The standard InChI is InChI=1S/C14H22N4O2/c1-10(11-5-3-2-4-6-11)17-7-12(8-17)18-9-13(14(19)20)15-16-18/h9-12H,2-8H2,1H3,(H,19,20). The van der Waals surface area contributed by atoms with Crippen molar-refractivity contribution >= 4 is 5.97 Å². The van der Waals surface area contributed by atoms with Crippen molar-refractivity contribution in [2.75, 3.05) is 13.1 Å². The van der Waals surface area contributed by atoms with Crippen LogP contribution in [0.4, 0.5) is 0 Å². The first-order valence-electron chi connectivity index (χ1n) is 7.54. The average Bonchev–Trinajstić information content (AvgIpc) is 2.87. The summed E-state index contributed by atoms with van der Waals surface area (Å²) < 4.78 is 1.70. The number of aromatic nitrogens is 3. The summed E-state index contributed by atoms with van der Waals surface area (Å²) in [5, 5.41) is 16.5. The SMILES string of the molecule is CC(C1CCCCC1)N1CC(n2cc(C(=O)O)nn2)C1. The van der Waals surface area contributed by atoms with Crippen LogP contribution in [0.3, 0.4) is 0 Å². The van der Waals surface area contributed by atoms with Crippen molar-refractivity contribution in [3.8, 4) is 0 Å². The van der Waals surface area contributed by atoms with Crippen LogP contribution >= 0.6 is 0 Å². The molecule has 1 aliphatic carbocycles. The number of hydrogen-bond acceptors (Lipinski definition) is 4. The summed E-state index contributed by atoms with van der Waals surface area (Å²) in [5.74, 6) is -0.182. The monoisotopic (exact) mass is 278 g/mol. The number of carboxylic acids is 1. The molecule has 1 atom stereocenters. The van der Waals surface area contributed by atoms with E-state index in [1.807, 2.05) is 0 Å². The van der Waals surface area contributed by atoms with Crippen LogP contribution in [0.25, 0.3) is 0 Å². The highest BCUT2D eigenvalue weighted by Gasteiger charge is 2.35. The van der Waals surface area contributed by atoms with Crippen molar-refractivity contribution in [2.24, 2.45) is 5.92 Å². The molecule has 0 amide bonds. The molecule has 3 rings (SSSR count). The summed E-state index contributed by atoms with van der Waals surface area (Å²) in [6, 6.07) is 0.913. The zero-order valence-electron chi connectivity index (χ0n) is 11.9. The second-order valence-corrected chi connectivity index (χ2v) is 6.14. The smallest absolute Gasteiger partial charge is 0.358 e. The third kappa shape index (κ3) is 2.57. The second-order valence-electron chi connectivity index (χ2n) is 6.14. The Balaban J connectivity index is 1.53. The molecule has 1 saturated heterocycles. The summed E-state index contributed by atoms with van der Waals surface area (Å²) in [6.45, 7) is 4.25.